The molecule has 4 nitrogen and oxygen atoms in total. The molecule has 0 unspecified atom stereocenters. The maximum atomic E-state index is 12.7. The summed E-state index contributed by atoms with van der Waals surface area (Å²) < 4.78 is 56.4. The number of unbranched alkanes of at least 4 members (excludes halogenated alkanes) is 8. The number of nitrogens with zero attached hydrogens (tertiary/aromatic N) is 1. The number of aromatic amines is 1. The van der Waals surface area contributed by atoms with E-state index in [9.17, 15) is 4.79 Å². The number of hydrogen-bond acceptors (Lipinski definition) is 3. The topological polar surface area (TPSA) is 45.3 Å². The van der Waals surface area contributed by atoms with Crippen molar-refractivity contribution in [1.82, 2.24) is 9.88 Å². The Labute approximate surface area is 228 Å². The van der Waals surface area contributed by atoms with E-state index < -0.39 is 25.2 Å². The normalized spacial score (nSPS) is 15.7. The number of aryl methyl sites for hydroxylation is 1. The molecule has 0 aliphatic rings. The highest BCUT2D eigenvalue weighted by Crippen LogP contribution is 2.29. The number of benzene rings is 1. The van der Waals surface area contributed by atoms with Crippen LogP contribution in [0.25, 0.3) is 10.9 Å². The van der Waals surface area contributed by atoms with Crippen molar-refractivity contribution in [3.05, 3.63) is 54.3 Å². The Balaban J connectivity index is 1.83. The summed E-state index contributed by atoms with van der Waals surface area (Å²) in [6.07, 6.45) is 14.8. The van der Waals surface area contributed by atoms with Gasteiger partial charge in [0.25, 0.3) is 0 Å². The van der Waals surface area contributed by atoms with Crippen LogP contribution in [-0.4, -0.2) is 35.4 Å². The number of H-pyrrole nitrogens is 1. The third-order valence-electron chi connectivity index (χ3n) is 6.16. The van der Waals surface area contributed by atoms with Crippen LogP contribution < -0.4 is 4.74 Å². The van der Waals surface area contributed by atoms with Gasteiger partial charge in [0.1, 0.15) is 5.75 Å². The van der Waals surface area contributed by atoms with E-state index in [1.807, 2.05) is 12.2 Å². The van der Waals surface area contributed by atoms with Crippen LogP contribution in [0.2, 0.25) is 0 Å². The molecule has 0 amide bonds. The van der Waals surface area contributed by atoms with E-state index in [4.69, 9.17) is 13.0 Å². The van der Waals surface area contributed by atoms with E-state index in [1.54, 1.807) is 44.2 Å². The first-order valence-corrected chi connectivity index (χ1v) is 13.8. The molecule has 1 N–H and O–H groups in total. The highest BCUT2D eigenvalue weighted by Gasteiger charge is 2.13. The van der Waals surface area contributed by atoms with Crippen molar-refractivity contribution in [1.29, 1.82) is 0 Å². The average molecular weight is 501 g/mol. The van der Waals surface area contributed by atoms with Gasteiger partial charge in [0.05, 0.1) is 0 Å². The molecular weight excluding hydrogens is 444 g/mol. The van der Waals surface area contributed by atoms with Gasteiger partial charge >= 0.3 is 5.97 Å². The number of ether oxygens (including phenoxy) is 1. The molecule has 1 aromatic carbocycles. The van der Waals surface area contributed by atoms with Gasteiger partial charge in [-0.3, -0.25) is 4.79 Å². The van der Waals surface area contributed by atoms with Crippen molar-refractivity contribution >= 4 is 16.9 Å². The minimum Gasteiger partial charge on any atom is -0.426 e. The van der Waals surface area contributed by atoms with Crippen LogP contribution in [-0.2, 0) is 11.2 Å². The van der Waals surface area contributed by atoms with E-state index in [0.717, 1.165) is 51.4 Å². The fourth-order valence-electron chi connectivity index (χ4n) is 3.96. The zero-order valence-electron chi connectivity index (χ0n) is 28.6. The van der Waals surface area contributed by atoms with Crippen molar-refractivity contribution in [2.45, 2.75) is 104 Å². The van der Waals surface area contributed by atoms with E-state index >= 15 is 0 Å². The average Bonchev–Trinajstić information content (AvgIpc) is 3.38. The lowest BCUT2D eigenvalue weighted by molar-refractivity contribution is -0.134. The summed E-state index contributed by atoms with van der Waals surface area (Å²) in [5, 5.41) is 0.385. The van der Waals surface area contributed by atoms with Crippen LogP contribution in [0.5, 0.6) is 5.75 Å². The van der Waals surface area contributed by atoms with Crippen LogP contribution in [0.15, 0.2) is 48.7 Å². The molecule has 2 aromatic rings. The molecule has 1 aromatic heterocycles. The molecule has 0 atom stereocenters. The number of hydrogen-bond donors (Lipinski definition) is 1. The van der Waals surface area contributed by atoms with Crippen molar-refractivity contribution < 1.29 is 17.8 Å². The highest BCUT2D eigenvalue weighted by atomic mass is 16.5. The number of esters is 1. The maximum Gasteiger partial charge on any atom is 0.311 e. The molecule has 0 saturated heterocycles. The Morgan fingerprint density at radius 1 is 0.944 bits per heavy atom. The molecule has 0 aliphatic heterocycles. The Kier molecular flexibility index (Phi) is 11.4. The lowest BCUT2D eigenvalue weighted by Crippen LogP contribution is -2.25. The Morgan fingerprint density at radius 2 is 1.64 bits per heavy atom. The second kappa shape index (κ2) is 18.9. The molecular formula is C32H50N2O2. The summed E-state index contributed by atoms with van der Waals surface area (Å²) in [6.45, 7) is 4.21. The van der Waals surface area contributed by atoms with Gasteiger partial charge in [-0.1, -0.05) is 83.2 Å². The predicted molar refractivity (Wildman–Crippen MR) is 155 cm³/mol. The fourth-order valence-corrected chi connectivity index (χ4v) is 3.96. The minimum absolute atomic E-state index is 0.128. The number of fused-ring (bicyclic) bond motifs is 1. The number of nitrogens with one attached hydrogen (secondary N) is 1. The third kappa shape index (κ3) is 11.6. The first-order chi connectivity index (χ1) is 19.9. The molecule has 36 heavy (non-hydrogen) atoms. The fraction of sp³-hybridized carbons (Fsp3) is 0.594. The zero-order valence-corrected chi connectivity index (χ0v) is 22.6. The SMILES string of the molecule is [2H]C([2H])(/C=C\CCCCC)/C=C\CCCCCCCC(=O)Oc1cccc2[nH]cc(C([2H])([2H])C([2H])([2H])N(CC)CC)c12. The lowest BCUT2D eigenvalue weighted by atomic mass is 10.1. The highest BCUT2D eigenvalue weighted by molar-refractivity contribution is 5.91. The van der Waals surface area contributed by atoms with E-state index in [1.165, 1.54) is 17.5 Å². The minimum atomic E-state index is -2.36. The maximum absolute atomic E-state index is 12.7. The number of allylic oxidation sites excluding steroid dienone is 4. The second-order valence-corrected chi connectivity index (χ2v) is 9.04. The first-order valence-electron chi connectivity index (χ1n) is 16.8. The number of aromatic nitrogens is 1. The largest absolute Gasteiger partial charge is 0.426 e. The van der Waals surface area contributed by atoms with Gasteiger partial charge in [-0.25, -0.2) is 0 Å². The number of carbonyl (C=O) groups is 1. The van der Waals surface area contributed by atoms with E-state index in [2.05, 4.69) is 11.9 Å². The molecule has 0 fully saturated rings. The van der Waals surface area contributed by atoms with Gasteiger partial charge in [-0.05, 0) is 75.6 Å². The second-order valence-electron chi connectivity index (χ2n) is 9.04. The smallest absolute Gasteiger partial charge is 0.311 e. The lowest BCUT2D eigenvalue weighted by Gasteiger charge is -2.17. The van der Waals surface area contributed by atoms with E-state index in [-0.39, 0.29) is 17.7 Å². The van der Waals surface area contributed by atoms with Gasteiger partial charge in [0.2, 0.25) is 0 Å². The van der Waals surface area contributed by atoms with Gasteiger partial charge in [-0.2, -0.15) is 0 Å². The number of carbonyl (C=O) groups excluding carboxylic acids is 1. The van der Waals surface area contributed by atoms with Gasteiger partial charge in [0.15, 0.2) is 0 Å². The Hall–Kier alpha value is -2.33. The van der Waals surface area contributed by atoms with Gasteiger partial charge < -0.3 is 14.6 Å². The van der Waals surface area contributed by atoms with Crippen molar-refractivity contribution in [2.24, 2.45) is 0 Å². The van der Waals surface area contributed by atoms with Gasteiger partial charge in [0, 0.05) is 38.2 Å². The third-order valence-corrected chi connectivity index (χ3v) is 6.16. The summed E-state index contributed by atoms with van der Waals surface area (Å²) in [5.41, 5.74) is 0.711. The summed E-state index contributed by atoms with van der Waals surface area (Å²) in [7, 11) is 0. The van der Waals surface area contributed by atoms with Gasteiger partial charge in [-0.15, -0.1) is 0 Å². The molecule has 0 radical (unpaired) electrons. The van der Waals surface area contributed by atoms with Crippen LogP contribution in [0, 0.1) is 0 Å². The molecule has 1 heterocycles. The molecule has 0 bridgehead atoms. The van der Waals surface area contributed by atoms with Crippen molar-refractivity contribution in [3.63, 3.8) is 0 Å². The predicted octanol–water partition coefficient (Wildman–Crippen LogP) is 8.77. The van der Waals surface area contributed by atoms with Crippen LogP contribution in [0.4, 0.5) is 0 Å². The zero-order chi connectivity index (χ0) is 31.2. The quantitative estimate of drug-likeness (QED) is 0.0855. The summed E-state index contributed by atoms with van der Waals surface area (Å²) in [4.78, 5) is 17.1. The van der Waals surface area contributed by atoms with Crippen LogP contribution in [0.1, 0.15) is 112 Å². The van der Waals surface area contributed by atoms with Crippen molar-refractivity contribution in [2.75, 3.05) is 19.6 Å². The molecule has 4 heteroatoms. The Morgan fingerprint density at radius 3 is 2.36 bits per heavy atom. The number of likely N-dealkylation sites (N-methyl/N-ethyl adjacent to an activating group) is 1. The monoisotopic (exact) mass is 500 g/mol. The molecule has 200 valence electrons. The molecule has 2 rings (SSSR count). The summed E-state index contributed by atoms with van der Waals surface area (Å²) in [6, 6.07) is 5.11. The number of rotatable bonds is 20. The molecule has 0 spiro atoms. The molecule has 0 aliphatic carbocycles. The van der Waals surface area contributed by atoms with Crippen LogP contribution in [0.3, 0.4) is 0 Å². The molecule has 0 saturated carbocycles. The van der Waals surface area contributed by atoms with Crippen molar-refractivity contribution in [3.8, 4) is 5.75 Å². The first kappa shape index (κ1) is 21.7. The van der Waals surface area contributed by atoms with E-state index in [0.29, 0.717) is 30.4 Å². The standard InChI is InChI=1S/C32H50N2O2/c1-4-7-8-9-10-11-12-13-14-15-16-17-18-19-20-24-31(35)36-30-23-21-22-29-32(30)28(27-33-29)25-26-34(5-2)6-3/h10-11,13-14,21-23,27,33H,4-9,12,15-20,24-26H2,1-3H3/b11-10-,14-13-/i12D2,25D2,26D2. The summed E-state index contributed by atoms with van der Waals surface area (Å²) >= 11 is 0. The summed E-state index contributed by atoms with van der Waals surface area (Å²) in [5.74, 6) is -0.162. The Bertz CT molecular complexity index is 1160. The van der Waals surface area contributed by atoms with Crippen LogP contribution >= 0.6 is 0 Å².